The first kappa shape index (κ1) is 31.6. The number of ether oxygens (including phenoxy) is 1. The van der Waals surface area contributed by atoms with Crippen molar-refractivity contribution < 1.29 is 23.4 Å². The molecule has 1 saturated carbocycles. The van der Waals surface area contributed by atoms with Crippen LogP contribution in [-0.4, -0.2) is 24.3 Å². The zero-order chi connectivity index (χ0) is 30.1. The maximum Gasteiger partial charge on any atom is 0.333 e. The first-order chi connectivity index (χ1) is 20.3. The van der Waals surface area contributed by atoms with Gasteiger partial charge >= 0.3 is 5.97 Å². The summed E-state index contributed by atoms with van der Waals surface area (Å²) in [5, 5.41) is 9.53. The summed E-state index contributed by atoms with van der Waals surface area (Å²) in [7, 11) is 0. The molecule has 224 valence electrons. The Kier molecular flexibility index (Phi) is 11.5. The van der Waals surface area contributed by atoms with Crippen LogP contribution in [0, 0.1) is 23.5 Å². The highest BCUT2D eigenvalue weighted by atomic mass is 19.1. The summed E-state index contributed by atoms with van der Waals surface area (Å²) >= 11 is 0. The minimum Gasteiger partial charge on any atom is -0.462 e. The number of hydrogen-bond acceptors (Lipinski definition) is 3. The number of hydrogen-bond donors (Lipinski definition) is 1. The molecule has 0 radical (unpaired) electrons. The number of carbonyl (C=O) groups excluding carboxylic acids is 1. The van der Waals surface area contributed by atoms with Crippen LogP contribution in [0.2, 0.25) is 0 Å². The summed E-state index contributed by atoms with van der Waals surface area (Å²) in [6.45, 7) is 7.77. The van der Waals surface area contributed by atoms with Crippen molar-refractivity contribution >= 4 is 5.97 Å². The van der Waals surface area contributed by atoms with Crippen LogP contribution in [0.3, 0.4) is 0 Å². The summed E-state index contributed by atoms with van der Waals surface area (Å²) in [4.78, 5) is 11.8. The predicted octanol–water partition coefficient (Wildman–Crippen LogP) is 9.42. The third-order valence-corrected chi connectivity index (χ3v) is 8.79. The number of aliphatic hydroxyl groups excluding tert-OH is 1. The second kappa shape index (κ2) is 15.2. The zero-order valence-corrected chi connectivity index (χ0v) is 25.0. The van der Waals surface area contributed by atoms with Gasteiger partial charge in [-0.2, -0.15) is 0 Å². The Balaban J connectivity index is 1.39. The van der Waals surface area contributed by atoms with Crippen molar-refractivity contribution in [2.24, 2.45) is 11.8 Å². The molecule has 3 aromatic rings. The molecule has 3 nitrogen and oxygen atoms in total. The van der Waals surface area contributed by atoms with Crippen LogP contribution in [0.25, 0.3) is 22.3 Å². The number of esters is 1. The first-order valence-corrected chi connectivity index (χ1v) is 15.4. The van der Waals surface area contributed by atoms with E-state index in [0.717, 1.165) is 49.7 Å². The molecular weight excluding hydrogens is 530 g/mol. The van der Waals surface area contributed by atoms with Crippen molar-refractivity contribution in [1.82, 2.24) is 0 Å². The van der Waals surface area contributed by atoms with Gasteiger partial charge in [-0.15, -0.1) is 0 Å². The van der Waals surface area contributed by atoms with Gasteiger partial charge in [0.2, 0.25) is 0 Å². The van der Waals surface area contributed by atoms with E-state index in [9.17, 15) is 9.90 Å². The van der Waals surface area contributed by atoms with Crippen LogP contribution < -0.4 is 0 Å². The van der Waals surface area contributed by atoms with E-state index in [1.807, 2.05) is 18.2 Å². The smallest absolute Gasteiger partial charge is 0.333 e. The van der Waals surface area contributed by atoms with E-state index in [0.29, 0.717) is 34.6 Å². The lowest BCUT2D eigenvalue weighted by Crippen LogP contribution is -2.27. The maximum atomic E-state index is 15.4. The Hall–Kier alpha value is -3.31. The molecule has 4 rings (SSSR count). The van der Waals surface area contributed by atoms with E-state index in [4.69, 9.17) is 4.74 Å². The molecule has 42 heavy (non-hydrogen) atoms. The van der Waals surface area contributed by atoms with Crippen LogP contribution in [-0.2, 0) is 16.0 Å². The molecule has 0 aliphatic heterocycles. The van der Waals surface area contributed by atoms with Gasteiger partial charge in [0.1, 0.15) is 11.6 Å². The Morgan fingerprint density at radius 2 is 1.57 bits per heavy atom. The summed E-state index contributed by atoms with van der Waals surface area (Å²) < 4.78 is 35.9. The fourth-order valence-electron chi connectivity index (χ4n) is 6.22. The minimum atomic E-state index is -0.400. The van der Waals surface area contributed by atoms with Gasteiger partial charge in [0.15, 0.2) is 0 Å². The summed E-state index contributed by atoms with van der Waals surface area (Å²) in [5.41, 5.74) is 4.84. The molecule has 1 N–H and O–H groups in total. The van der Waals surface area contributed by atoms with E-state index >= 15 is 8.78 Å². The van der Waals surface area contributed by atoms with Crippen molar-refractivity contribution in [3.8, 4) is 22.3 Å². The molecule has 0 spiro atoms. The largest absolute Gasteiger partial charge is 0.462 e. The third-order valence-electron chi connectivity index (χ3n) is 8.79. The lowest BCUT2D eigenvalue weighted by Gasteiger charge is -2.34. The van der Waals surface area contributed by atoms with Crippen LogP contribution in [0.15, 0.2) is 72.8 Å². The van der Waals surface area contributed by atoms with Gasteiger partial charge in [-0.3, -0.25) is 0 Å². The number of aryl methyl sites for hydroxylation is 1. The van der Waals surface area contributed by atoms with Gasteiger partial charge < -0.3 is 9.84 Å². The van der Waals surface area contributed by atoms with E-state index < -0.39 is 5.97 Å². The number of rotatable bonds is 13. The van der Waals surface area contributed by atoms with Gasteiger partial charge in [0, 0.05) is 23.3 Å². The number of aliphatic hydroxyl groups is 1. The first-order valence-electron chi connectivity index (χ1n) is 15.4. The van der Waals surface area contributed by atoms with Crippen LogP contribution in [0.4, 0.5) is 8.78 Å². The van der Waals surface area contributed by atoms with Crippen LogP contribution in [0.5, 0.6) is 0 Å². The summed E-state index contributed by atoms with van der Waals surface area (Å²) in [6, 6.07) is 18.3. The maximum absolute atomic E-state index is 15.4. The molecule has 0 amide bonds. The molecule has 1 atom stereocenters. The SMILES string of the molecule is C=C(C)C(=O)OCC(CCO)C1CCC(c2ccc(-c3ccc(-c4ccc(CCCCC)cc4)c(F)c3)c(F)c2)CC1. The van der Waals surface area contributed by atoms with Crippen molar-refractivity contribution in [2.75, 3.05) is 13.2 Å². The average molecular weight is 575 g/mol. The molecule has 1 unspecified atom stereocenters. The van der Waals surface area contributed by atoms with Gasteiger partial charge in [-0.25, -0.2) is 13.6 Å². The highest BCUT2D eigenvalue weighted by Gasteiger charge is 2.29. The molecule has 0 heterocycles. The molecule has 1 aliphatic carbocycles. The van der Waals surface area contributed by atoms with E-state index in [1.165, 1.54) is 24.5 Å². The highest BCUT2D eigenvalue weighted by molar-refractivity contribution is 5.86. The van der Waals surface area contributed by atoms with Crippen LogP contribution in [0.1, 0.15) is 82.3 Å². The molecule has 3 aromatic carbocycles. The van der Waals surface area contributed by atoms with Crippen molar-refractivity contribution in [1.29, 1.82) is 0 Å². The molecular formula is C37H44F2O3. The fraction of sp³-hybridized carbons (Fsp3) is 0.432. The standard InChI is InChI=1S/C37H44F2O3/c1-4-5-6-7-26-8-10-29(11-9-26)33-19-17-31(23-36(33)39)34-18-16-30(22-35(34)38)27-12-14-28(15-13-27)32(20-21-40)24-42-37(41)25(2)3/h8-11,16-19,22-23,27-28,32,40H,2,4-7,12-15,20-21,24H2,1,3H3. The van der Waals surface area contributed by atoms with Gasteiger partial charge in [-0.1, -0.05) is 74.9 Å². The molecule has 1 fully saturated rings. The monoisotopic (exact) mass is 574 g/mol. The van der Waals surface area contributed by atoms with Gasteiger partial charge in [-0.05, 0) is 104 Å². The van der Waals surface area contributed by atoms with Crippen molar-refractivity contribution in [2.45, 2.75) is 77.6 Å². The van der Waals surface area contributed by atoms with Crippen molar-refractivity contribution in [3.63, 3.8) is 0 Å². The Morgan fingerprint density at radius 3 is 2.19 bits per heavy atom. The predicted molar refractivity (Wildman–Crippen MR) is 166 cm³/mol. The number of carbonyl (C=O) groups is 1. The quantitative estimate of drug-likeness (QED) is 0.126. The lowest BCUT2D eigenvalue weighted by molar-refractivity contribution is -0.141. The van der Waals surface area contributed by atoms with Crippen molar-refractivity contribution in [3.05, 3.63) is 95.6 Å². The molecule has 0 aromatic heterocycles. The lowest BCUT2D eigenvalue weighted by atomic mass is 9.73. The highest BCUT2D eigenvalue weighted by Crippen LogP contribution is 2.41. The summed E-state index contributed by atoms with van der Waals surface area (Å²) in [6.07, 6.45) is 8.82. The van der Waals surface area contributed by atoms with E-state index in [2.05, 4.69) is 25.6 Å². The second-order valence-electron chi connectivity index (χ2n) is 11.9. The number of unbranched alkanes of at least 4 members (excludes halogenated alkanes) is 2. The molecule has 0 saturated heterocycles. The van der Waals surface area contributed by atoms with Gasteiger partial charge in [0.05, 0.1) is 6.61 Å². The molecule has 5 heteroatoms. The fourth-order valence-corrected chi connectivity index (χ4v) is 6.22. The summed E-state index contributed by atoms with van der Waals surface area (Å²) in [5.74, 6) is -0.429. The Labute approximate surface area is 249 Å². The molecule has 0 bridgehead atoms. The normalized spacial score (nSPS) is 17.5. The third kappa shape index (κ3) is 8.16. The average Bonchev–Trinajstić information content (AvgIpc) is 2.99. The number of halogens is 2. The Morgan fingerprint density at radius 1 is 0.929 bits per heavy atom. The number of benzene rings is 3. The topological polar surface area (TPSA) is 46.5 Å². The Bertz CT molecular complexity index is 1340. The van der Waals surface area contributed by atoms with E-state index in [-0.39, 0.29) is 36.7 Å². The minimum absolute atomic E-state index is 0.0505. The molecule has 1 aliphatic rings. The second-order valence-corrected chi connectivity index (χ2v) is 11.9. The van der Waals surface area contributed by atoms with E-state index in [1.54, 1.807) is 31.2 Å². The zero-order valence-electron chi connectivity index (χ0n) is 25.0. The van der Waals surface area contributed by atoms with Gasteiger partial charge in [0.25, 0.3) is 0 Å². The van der Waals surface area contributed by atoms with Crippen LogP contribution >= 0.6 is 0 Å².